The van der Waals surface area contributed by atoms with Gasteiger partial charge in [0.2, 0.25) is 11.9 Å². The maximum atomic E-state index is 14.0. The number of piperidine rings is 1. The van der Waals surface area contributed by atoms with Gasteiger partial charge in [0.25, 0.3) is 0 Å². The van der Waals surface area contributed by atoms with Gasteiger partial charge >= 0.3 is 12.3 Å². The number of aromatic nitrogens is 3. The summed E-state index contributed by atoms with van der Waals surface area (Å²) in [4.78, 5) is 37.7. The summed E-state index contributed by atoms with van der Waals surface area (Å²) in [5.41, 5.74) is -0.581. The van der Waals surface area contributed by atoms with Gasteiger partial charge in [-0.05, 0) is 68.5 Å². The topological polar surface area (TPSA) is 112 Å². The van der Waals surface area contributed by atoms with Crippen molar-refractivity contribution < 1.29 is 27.5 Å². The van der Waals surface area contributed by atoms with Crippen molar-refractivity contribution in [3.63, 3.8) is 0 Å². The van der Waals surface area contributed by atoms with E-state index in [1.54, 1.807) is 37.8 Å². The number of benzene rings is 1. The minimum atomic E-state index is -4.69. The number of carbonyl (C=O) groups excluding carboxylic acids is 2. The maximum absolute atomic E-state index is 14.0. The molecule has 2 fully saturated rings. The van der Waals surface area contributed by atoms with Crippen molar-refractivity contribution in [2.75, 3.05) is 23.7 Å². The van der Waals surface area contributed by atoms with Crippen LogP contribution < -0.4 is 10.6 Å². The Balaban J connectivity index is 1.43. The lowest BCUT2D eigenvalue weighted by molar-refractivity contribution is -0.137. The summed E-state index contributed by atoms with van der Waals surface area (Å²) in [5.74, 6) is -0.0464. The van der Waals surface area contributed by atoms with E-state index in [2.05, 4.69) is 41.5 Å². The van der Waals surface area contributed by atoms with Crippen LogP contribution in [0.25, 0.3) is 22.2 Å². The van der Waals surface area contributed by atoms with Gasteiger partial charge in [-0.1, -0.05) is 6.07 Å². The third-order valence-electron chi connectivity index (χ3n) is 6.75. The SMILES string of the molecule is CC(C)(C)OC(=O)N1CCC[C@H](Nc2ncc(C(F)(F)F)c(-c3c[nH]c4c(Br)c(NC(=O)C5CC5)ccc34)n2)C1. The van der Waals surface area contributed by atoms with E-state index < -0.39 is 23.4 Å². The van der Waals surface area contributed by atoms with E-state index >= 15 is 0 Å². The van der Waals surface area contributed by atoms with Gasteiger partial charge in [0.15, 0.2) is 0 Å². The number of likely N-dealkylation sites (tertiary alicyclic amines) is 1. The van der Waals surface area contributed by atoms with E-state index in [0.29, 0.717) is 47.0 Å². The molecule has 1 saturated carbocycles. The summed E-state index contributed by atoms with van der Waals surface area (Å²) >= 11 is 3.48. The number of anilines is 2. The highest BCUT2D eigenvalue weighted by atomic mass is 79.9. The molecule has 2 amide bonds. The Kier molecular flexibility index (Phi) is 7.45. The predicted molar refractivity (Wildman–Crippen MR) is 148 cm³/mol. The number of hydrogen-bond donors (Lipinski definition) is 3. The molecule has 0 bridgehead atoms. The molecule has 1 aliphatic heterocycles. The Morgan fingerprint density at radius 1 is 1.18 bits per heavy atom. The Hall–Kier alpha value is -3.35. The molecular weight excluding hydrogens is 593 g/mol. The molecule has 2 aromatic heterocycles. The number of alkyl halides is 3. The molecule has 0 spiro atoms. The fourth-order valence-electron chi connectivity index (χ4n) is 4.67. The second-order valence-corrected chi connectivity index (χ2v) is 12.0. The van der Waals surface area contributed by atoms with E-state index in [1.807, 2.05) is 0 Å². The van der Waals surface area contributed by atoms with Crippen LogP contribution in [0.2, 0.25) is 0 Å². The second kappa shape index (κ2) is 10.6. The van der Waals surface area contributed by atoms with Crippen molar-refractivity contribution in [2.24, 2.45) is 5.92 Å². The number of halogens is 4. The zero-order valence-electron chi connectivity index (χ0n) is 22.3. The average molecular weight is 623 g/mol. The number of amides is 2. The normalized spacial score (nSPS) is 18.1. The minimum Gasteiger partial charge on any atom is -0.444 e. The molecule has 0 radical (unpaired) electrons. The number of rotatable bonds is 5. The van der Waals surface area contributed by atoms with Crippen LogP contribution >= 0.6 is 15.9 Å². The van der Waals surface area contributed by atoms with Crippen molar-refractivity contribution in [2.45, 2.75) is 64.3 Å². The van der Waals surface area contributed by atoms with Crippen molar-refractivity contribution in [3.05, 3.63) is 34.6 Å². The molecule has 40 heavy (non-hydrogen) atoms. The third-order valence-corrected chi connectivity index (χ3v) is 7.58. The molecule has 1 saturated heterocycles. The molecule has 1 aliphatic carbocycles. The first kappa shape index (κ1) is 28.2. The summed E-state index contributed by atoms with van der Waals surface area (Å²) < 4.78 is 48.1. The van der Waals surface area contributed by atoms with Crippen LogP contribution in [0.15, 0.2) is 29.0 Å². The fraction of sp³-hybridized carbons (Fsp3) is 0.481. The zero-order valence-corrected chi connectivity index (χ0v) is 23.9. The predicted octanol–water partition coefficient (Wildman–Crippen LogP) is 6.57. The monoisotopic (exact) mass is 622 g/mol. The van der Waals surface area contributed by atoms with Crippen molar-refractivity contribution >= 4 is 50.5 Å². The fourth-order valence-corrected chi connectivity index (χ4v) is 5.23. The molecule has 9 nitrogen and oxygen atoms in total. The molecule has 5 rings (SSSR count). The van der Waals surface area contributed by atoms with E-state index in [-0.39, 0.29) is 35.1 Å². The zero-order chi connectivity index (χ0) is 28.8. The van der Waals surface area contributed by atoms with E-state index in [9.17, 15) is 22.8 Å². The highest BCUT2D eigenvalue weighted by Gasteiger charge is 2.37. The molecular formula is C27H30BrF3N6O3. The molecule has 13 heteroatoms. The van der Waals surface area contributed by atoms with Gasteiger partial charge in [0.05, 0.1) is 21.4 Å². The highest BCUT2D eigenvalue weighted by molar-refractivity contribution is 9.10. The van der Waals surface area contributed by atoms with Crippen molar-refractivity contribution in [3.8, 4) is 11.3 Å². The number of H-pyrrole nitrogens is 1. The quantitative estimate of drug-likeness (QED) is 0.297. The first-order valence-electron chi connectivity index (χ1n) is 13.1. The Morgan fingerprint density at radius 2 is 1.93 bits per heavy atom. The first-order chi connectivity index (χ1) is 18.8. The average Bonchev–Trinajstić information content (AvgIpc) is 3.63. The first-order valence-corrected chi connectivity index (χ1v) is 13.9. The lowest BCUT2D eigenvalue weighted by atomic mass is 10.0. The molecule has 3 heterocycles. The summed E-state index contributed by atoms with van der Waals surface area (Å²) in [6.45, 7) is 6.20. The molecule has 3 aromatic rings. The number of hydrogen-bond acceptors (Lipinski definition) is 6. The number of fused-ring (bicyclic) bond motifs is 1. The van der Waals surface area contributed by atoms with Crippen LogP contribution in [0, 0.1) is 5.92 Å². The van der Waals surface area contributed by atoms with Crippen LogP contribution in [0.3, 0.4) is 0 Å². The van der Waals surface area contributed by atoms with Gasteiger partial charge in [-0.25, -0.2) is 14.8 Å². The van der Waals surface area contributed by atoms with Gasteiger partial charge in [0, 0.05) is 48.4 Å². The number of carbonyl (C=O) groups is 2. The van der Waals surface area contributed by atoms with Crippen LogP contribution in [0.4, 0.5) is 29.6 Å². The molecule has 1 aromatic carbocycles. The Labute approximate surface area is 237 Å². The lowest BCUT2D eigenvalue weighted by Gasteiger charge is -2.34. The number of nitrogens with zero attached hydrogens (tertiary/aromatic N) is 3. The summed E-state index contributed by atoms with van der Waals surface area (Å²) in [6.07, 6.45) is 0.196. The van der Waals surface area contributed by atoms with Crippen LogP contribution in [-0.2, 0) is 15.7 Å². The van der Waals surface area contributed by atoms with E-state index in [0.717, 1.165) is 19.0 Å². The van der Waals surface area contributed by atoms with Gasteiger partial charge in [-0.15, -0.1) is 0 Å². The van der Waals surface area contributed by atoms with Gasteiger partial charge in [-0.3, -0.25) is 4.79 Å². The van der Waals surface area contributed by atoms with Gasteiger partial charge in [0.1, 0.15) is 11.2 Å². The molecule has 3 N–H and O–H groups in total. The standard InChI is InChI=1S/C27H30BrF3N6O3/c1-26(2,3)40-25(39)37-10-4-5-15(13-37)34-24-33-12-18(27(29,30)31)21(36-24)17-11-32-22-16(17)8-9-19(20(22)28)35-23(38)14-6-7-14/h8-9,11-12,14-15,32H,4-7,10,13H2,1-3H3,(H,35,38)(H,33,34,36)/t15-/m0/s1. The molecule has 1 atom stereocenters. The molecule has 0 unspecified atom stereocenters. The van der Waals surface area contributed by atoms with Gasteiger partial charge in [-0.2, -0.15) is 13.2 Å². The molecule has 2 aliphatic rings. The van der Waals surface area contributed by atoms with Crippen molar-refractivity contribution in [1.29, 1.82) is 0 Å². The number of ether oxygens (including phenoxy) is 1. The van der Waals surface area contributed by atoms with Gasteiger partial charge < -0.3 is 25.3 Å². The summed E-state index contributed by atoms with van der Waals surface area (Å²) in [6, 6.07) is 3.05. The largest absolute Gasteiger partial charge is 0.444 e. The summed E-state index contributed by atoms with van der Waals surface area (Å²) in [5, 5.41) is 6.48. The van der Waals surface area contributed by atoms with Crippen molar-refractivity contribution in [1.82, 2.24) is 19.9 Å². The second-order valence-electron chi connectivity index (χ2n) is 11.2. The third kappa shape index (κ3) is 6.18. The smallest absolute Gasteiger partial charge is 0.419 e. The maximum Gasteiger partial charge on any atom is 0.419 e. The number of nitrogens with one attached hydrogen (secondary N) is 3. The lowest BCUT2D eigenvalue weighted by Crippen LogP contribution is -2.47. The Bertz CT molecular complexity index is 1450. The number of aromatic amines is 1. The molecule has 214 valence electrons. The van der Waals surface area contributed by atoms with Crippen LogP contribution in [0.1, 0.15) is 52.0 Å². The van der Waals surface area contributed by atoms with E-state index in [1.165, 1.54) is 6.20 Å². The Morgan fingerprint density at radius 3 is 2.60 bits per heavy atom. The minimum absolute atomic E-state index is 0.00321. The van der Waals surface area contributed by atoms with Crippen LogP contribution in [-0.4, -0.2) is 56.6 Å². The summed E-state index contributed by atoms with van der Waals surface area (Å²) in [7, 11) is 0. The van der Waals surface area contributed by atoms with E-state index in [4.69, 9.17) is 4.74 Å². The highest BCUT2D eigenvalue weighted by Crippen LogP contribution is 2.41. The van der Waals surface area contributed by atoms with Crippen LogP contribution in [0.5, 0.6) is 0 Å².